The van der Waals surface area contributed by atoms with Gasteiger partial charge in [-0.2, -0.15) is 0 Å². The molecule has 0 aliphatic rings. The summed E-state index contributed by atoms with van der Waals surface area (Å²) in [5.74, 6) is -1.76. The van der Waals surface area contributed by atoms with Gasteiger partial charge in [0.25, 0.3) is 0 Å². The molecule has 0 radical (unpaired) electrons. The smallest absolute Gasteiger partial charge is 0.422 e. The largest absolute Gasteiger partial charge is 0.480 e. The van der Waals surface area contributed by atoms with Crippen molar-refractivity contribution < 1.29 is 14.3 Å². The predicted octanol–water partition coefficient (Wildman–Crippen LogP) is 1.03. The van der Waals surface area contributed by atoms with Gasteiger partial charge in [-0.25, -0.2) is 19.1 Å². The van der Waals surface area contributed by atoms with Crippen LogP contribution in [0.25, 0.3) is 11.2 Å². The van der Waals surface area contributed by atoms with Crippen molar-refractivity contribution in [2.75, 3.05) is 0 Å². The fraction of sp³-hybridized carbons (Fsp3) is 0.300. The molecule has 2 aromatic rings. The van der Waals surface area contributed by atoms with E-state index in [1.54, 1.807) is 19.1 Å². The summed E-state index contributed by atoms with van der Waals surface area (Å²) in [6.07, 6.45) is 1.78. The number of carbonyl (C=O) groups is 1. The minimum absolute atomic E-state index is 0.266. The van der Waals surface area contributed by atoms with Crippen molar-refractivity contribution in [2.45, 2.75) is 19.4 Å². The van der Waals surface area contributed by atoms with Gasteiger partial charge in [-0.05, 0) is 18.6 Å². The highest BCUT2D eigenvalue weighted by Gasteiger charge is 2.23. The van der Waals surface area contributed by atoms with Crippen molar-refractivity contribution >= 4 is 17.2 Å². The molecule has 1 atom stereocenters. The first-order valence-electron chi connectivity index (χ1n) is 4.84. The van der Waals surface area contributed by atoms with E-state index in [0.29, 0.717) is 12.0 Å². The van der Waals surface area contributed by atoms with Gasteiger partial charge in [-0.1, -0.05) is 6.92 Å². The summed E-state index contributed by atoms with van der Waals surface area (Å²) in [5, 5.41) is 9.00. The molecule has 0 saturated carbocycles. The summed E-state index contributed by atoms with van der Waals surface area (Å²) in [5.41, 5.74) is 0.564. The average molecular weight is 222 g/mol. The zero-order valence-corrected chi connectivity index (χ0v) is 8.58. The Labute approximate surface area is 90.1 Å². The van der Waals surface area contributed by atoms with Crippen LogP contribution in [0.5, 0.6) is 0 Å². The third kappa shape index (κ3) is 1.48. The molecule has 0 amide bonds. The highest BCUT2D eigenvalue weighted by molar-refractivity contribution is 5.75. The Morgan fingerprint density at radius 3 is 3.06 bits per heavy atom. The number of carboxylic acid groups (broad SMARTS) is 1. The summed E-state index contributed by atoms with van der Waals surface area (Å²) >= 11 is 0. The number of aromatic nitrogens is 2. The van der Waals surface area contributed by atoms with Crippen LogP contribution in [-0.4, -0.2) is 20.6 Å². The van der Waals surface area contributed by atoms with Gasteiger partial charge in [-0.3, -0.25) is 0 Å². The molecule has 6 heteroatoms. The van der Waals surface area contributed by atoms with Crippen molar-refractivity contribution in [3.8, 4) is 0 Å². The van der Waals surface area contributed by atoms with Crippen molar-refractivity contribution in [1.29, 1.82) is 0 Å². The molecule has 0 aromatic carbocycles. The van der Waals surface area contributed by atoms with Crippen LogP contribution in [0.4, 0.5) is 0 Å². The van der Waals surface area contributed by atoms with E-state index in [9.17, 15) is 9.59 Å². The first-order valence-corrected chi connectivity index (χ1v) is 4.84. The van der Waals surface area contributed by atoms with Crippen LogP contribution in [0.15, 0.2) is 27.5 Å². The van der Waals surface area contributed by atoms with Gasteiger partial charge in [-0.15, -0.1) is 0 Å². The van der Waals surface area contributed by atoms with Crippen LogP contribution in [0.1, 0.15) is 19.4 Å². The van der Waals surface area contributed by atoms with E-state index in [2.05, 4.69) is 4.98 Å². The summed E-state index contributed by atoms with van der Waals surface area (Å²) in [6.45, 7) is 1.69. The second-order valence-electron chi connectivity index (χ2n) is 3.33. The van der Waals surface area contributed by atoms with Gasteiger partial charge in [0, 0.05) is 6.20 Å². The predicted molar refractivity (Wildman–Crippen MR) is 55.2 cm³/mol. The molecule has 16 heavy (non-hydrogen) atoms. The molecule has 0 aliphatic heterocycles. The van der Waals surface area contributed by atoms with Crippen molar-refractivity contribution in [2.24, 2.45) is 0 Å². The first-order chi connectivity index (χ1) is 7.65. The van der Waals surface area contributed by atoms with E-state index in [0.717, 1.165) is 4.57 Å². The minimum atomic E-state index is -1.07. The third-order valence-corrected chi connectivity index (χ3v) is 2.36. The summed E-state index contributed by atoms with van der Waals surface area (Å²) < 4.78 is 5.98. The molecule has 0 saturated heterocycles. The van der Waals surface area contributed by atoms with E-state index >= 15 is 0 Å². The summed E-state index contributed by atoms with van der Waals surface area (Å²) in [7, 11) is 0. The quantitative estimate of drug-likeness (QED) is 0.838. The van der Waals surface area contributed by atoms with Gasteiger partial charge < -0.3 is 9.52 Å². The Hall–Kier alpha value is -2.11. The molecule has 1 unspecified atom stereocenters. The highest BCUT2D eigenvalue weighted by atomic mass is 16.4. The fourth-order valence-corrected chi connectivity index (χ4v) is 1.61. The summed E-state index contributed by atoms with van der Waals surface area (Å²) in [4.78, 5) is 26.5. The maximum absolute atomic E-state index is 11.5. The van der Waals surface area contributed by atoms with E-state index in [1.165, 1.54) is 6.20 Å². The zero-order valence-electron chi connectivity index (χ0n) is 8.58. The fourth-order valence-electron chi connectivity index (χ4n) is 1.61. The number of oxazole rings is 1. The van der Waals surface area contributed by atoms with Gasteiger partial charge in [0.05, 0.1) is 0 Å². The number of rotatable bonds is 3. The van der Waals surface area contributed by atoms with Crippen molar-refractivity contribution in [1.82, 2.24) is 9.55 Å². The van der Waals surface area contributed by atoms with Crippen LogP contribution in [0, 0.1) is 0 Å². The lowest BCUT2D eigenvalue weighted by molar-refractivity contribution is -0.141. The Morgan fingerprint density at radius 2 is 2.44 bits per heavy atom. The number of nitrogens with zero attached hydrogens (tertiary/aromatic N) is 2. The molecule has 0 fully saturated rings. The van der Waals surface area contributed by atoms with E-state index in [-0.39, 0.29) is 5.65 Å². The zero-order chi connectivity index (χ0) is 11.7. The Kier molecular flexibility index (Phi) is 2.47. The lowest BCUT2D eigenvalue weighted by Gasteiger charge is -2.09. The number of hydrogen-bond donors (Lipinski definition) is 1. The monoisotopic (exact) mass is 222 g/mol. The molecule has 0 spiro atoms. The highest BCUT2D eigenvalue weighted by Crippen LogP contribution is 2.16. The molecular formula is C10H10N2O4. The normalized spacial score (nSPS) is 12.8. The van der Waals surface area contributed by atoms with Crippen molar-refractivity contribution in [3.63, 3.8) is 0 Å². The molecule has 2 rings (SSSR count). The second kappa shape index (κ2) is 3.80. The van der Waals surface area contributed by atoms with Gasteiger partial charge >= 0.3 is 11.7 Å². The molecule has 2 heterocycles. The average Bonchev–Trinajstić information content (AvgIpc) is 2.57. The molecular weight excluding hydrogens is 212 g/mol. The standard InChI is InChI=1S/C10H10N2O4/c1-2-6(9(13)14)12-8-7(16-10(12)15)4-3-5-11-8/h3-6H,2H2,1H3,(H,13,14). The number of pyridine rings is 1. The first kappa shape index (κ1) is 10.4. The van der Waals surface area contributed by atoms with Crippen LogP contribution < -0.4 is 5.76 Å². The lowest BCUT2D eigenvalue weighted by atomic mass is 10.2. The Bertz CT molecular complexity index is 584. The SMILES string of the molecule is CCC(C(=O)O)n1c(=O)oc2cccnc21. The minimum Gasteiger partial charge on any atom is -0.480 e. The van der Waals surface area contributed by atoms with E-state index < -0.39 is 17.8 Å². The van der Waals surface area contributed by atoms with Gasteiger partial charge in [0.2, 0.25) is 0 Å². The number of hydrogen-bond acceptors (Lipinski definition) is 4. The van der Waals surface area contributed by atoms with Crippen LogP contribution in [0.2, 0.25) is 0 Å². The molecule has 2 aromatic heterocycles. The van der Waals surface area contributed by atoms with Gasteiger partial charge in [0.1, 0.15) is 6.04 Å². The topological polar surface area (TPSA) is 85.3 Å². The van der Waals surface area contributed by atoms with Crippen LogP contribution in [-0.2, 0) is 4.79 Å². The molecule has 6 nitrogen and oxygen atoms in total. The van der Waals surface area contributed by atoms with Gasteiger partial charge in [0.15, 0.2) is 11.2 Å². The maximum atomic E-state index is 11.5. The molecule has 84 valence electrons. The van der Waals surface area contributed by atoms with E-state index in [1.807, 2.05) is 0 Å². The lowest BCUT2D eigenvalue weighted by Crippen LogP contribution is -2.26. The Morgan fingerprint density at radius 1 is 1.69 bits per heavy atom. The number of fused-ring (bicyclic) bond motifs is 1. The molecule has 0 aliphatic carbocycles. The second-order valence-corrected chi connectivity index (χ2v) is 3.33. The Balaban J connectivity index is 2.71. The van der Waals surface area contributed by atoms with E-state index in [4.69, 9.17) is 9.52 Å². The molecule has 0 bridgehead atoms. The third-order valence-electron chi connectivity index (χ3n) is 2.36. The maximum Gasteiger partial charge on any atom is 0.422 e. The summed E-state index contributed by atoms with van der Waals surface area (Å²) in [6, 6.07) is 2.26. The number of carboxylic acids is 1. The molecule has 1 N–H and O–H groups in total. The van der Waals surface area contributed by atoms with Crippen molar-refractivity contribution in [3.05, 3.63) is 28.9 Å². The number of aliphatic carboxylic acids is 1. The van der Waals surface area contributed by atoms with Crippen LogP contribution in [0.3, 0.4) is 0 Å². The van der Waals surface area contributed by atoms with Crippen LogP contribution >= 0.6 is 0 Å².